The van der Waals surface area contributed by atoms with Gasteiger partial charge in [-0.1, -0.05) is 170 Å². The summed E-state index contributed by atoms with van der Waals surface area (Å²) in [5.41, 5.74) is 9.95. The van der Waals surface area contributed by atoms with Gasteiger partial charge in [0.2, 0.25) is 0 Å². The molecule has 9 aromatic carbocycles. The van der Waals surface area contributed by atoms with Gasteiger partial charge in [-0.15, -0.1) is 0 Å². The molecule has 0 spiro atoms. The van der Waals surface area contributed by atoms with E-state index in [9.17, 15) is 0 Å². The molecule has 0 aliphatic heterocycles. The van der Waals surface area contributed by atoms with Crippen LogP contribution in [0.3, 0.4) is 0 Å². The van der Waals surface area contributed by atoms with Crippen molar-refractivity contribution in [2.75, 3.05) is 0 Å². The molecule has 0 amide bonds. The molecule has 0 N–H and O–H groups in total. The summed E-state index contributed by atoms with van der Waals surface area (Å²) in [6, 6.07) is 66.5. The van der Waals surface area contributed by atoms with Crippen LogP contribution in [0.5, 0.6) is 0 Å². The lowest BCUT2D eigenvalue weighted by Crippen LogP contribution is -1.92. The zero-order valence-corrected chi connectivity index (χ0v) is 25.3. The van der Waals surface area contributed by atoms with Gasteiger partial charge in [-0.05, 0) is 99.7 Å². The molecular weight excluding hydrogens is 553 g/mol. The molecular formula is C46H30. The van der Waals surface area contributed by atoms with Gasteiger partial charge in [0.15, 0.2) is 0 Å². The van der Waals surface area contributed by atoms with Crippen LogP contribution in [-0.4, -0.2) is 0 Å². The Morgan fingerprint density at radius 3 is 1.26 bits per heavy atom. The third kappa shape index (κ3) is 4.30. The molecule has 9 aromatic rings. The van der Waals surface area contributed by atoms with Crippen LogP contribution in [0, 0.1) is 0 Å². The Labute approximate surface area is 268 Å². The first kappa shape index (κ1) is 26.4. The SMILES string of the molecule is c1ccc(-c2ccc(-c3c4ccccc4c(-c4ccc5c(ccc6ccccc65)c4)c4ccccc34)cc2-c2ccccc2)cc1. The van der Waals surface area contributed by atoms with Crippen molar-refractivity contribution < 1.29 is 0 Å². The largest absolute Gasteiger partial charge is 0.0622 e. The van der Waals surface area contributed by atoms with E-state index >= 15 is 0 Å². The van der Waals surface area contributed by atoms with E-state index in [0.717, 1.165) is 0 Å². The lowest BCUT2D eigenvalue weighted by Gasteiger charge is -2.19. The van der Waals surface area contributed by atoms with Crippen molar-refractivity contribution in [3.63, 3.8) is 0 Å². The van der Waals surface area contributed by atoms with Crippen LogP contribution in [0.1, 0.15) is 0 Å². The normalized spacial score (nSPS) is 11.5. The van der Waals surface area contributed by atoms with Crippen molar-refractivity contribution >= 4 is 43.1 Å². The van der Waals surface area contributed by atoms with Gasteiger partial charge in [-0.3, -0.25) is 0 Å². The maximum atomic E-state index is 2.40. The highest BCUT2D eigenvalue weighted by molar-refractivity contribution is 6.22. The second-order valence-corrected chi connectivity index (χ2v) is 12.1. The fraction of sp³-hybridized carbons (Fsp3) is 0. The second-order valence-electron chi connectivity index (χ2n) is 12.1. The van der Waals surface area contributed by atoms with E-state index in [-0.39, 0.29) is 0 Å². The van der Waals surface area contributed by atoms with Gasteiger partial charge in [0.25, 0.3) is 0 Å². The Morgan fingerprint density at radius 2 is 0.652 bits per heavy atom. The lowest BCUT2D eigenvalue weighted by atomic mass is 9.84. The highest BCUT2D eigenvalue weighted by Gasteiger charge is 2.18. The standard InChI is InChI=1S/C46H30/c1-3-13-31(14-4-1)38-27-26-36(30-44(38)32-15-5-2-6-16-32)46-42-21-11-9-19-40(42)45(41-20-10-12-22-43(41)46)35-25-28-39-34(29-35)24-23-33-17-7-8-18-37(33)39/h1-30H. The Kier molecular flexibility index (Phi) is 6.25. The Balaban J connectivity index is 1.32. The summed E-state index contributed by atoms with van der Waals surface area (Å²) >= 11 is 0. The van der Waals surface area contributed by atoms with Crippen molar-refractivity contribution in [3.8, 4) is 44.5 Å². The molecule has 0 aromatic heterocycles. The molecule has 9 rings (SSSR count). The molecule has 0 fully saturated rings. The summed E-state index contributed by atoms with van der Waals surface area (Å²) in [7, 11) is 0. The third-order valence-corrected chi connectivity index (χ3v) is 9.44. The fourth-order valence-electron chi connectivity index (χ4n) is 7.34. The zero-order valence-electron chi connectivity index (χ0n) is 25.3. The van der Waals surface area contributed by atoms with E-state index in [1.54, 1.807) is 0 Å². The summed E-state index contributed by atoms with van der Waals surface area (Å²) in [6.07, 6.45) is 0. The van der Waals surface area contributed by atoms with Crippen LogP contribution in [0.4, 0.5) is 0 Å². The second kappa shape index (κ2) is 10.9. The van der Waals surface area contributed by atoms with Gasteiger partial charge in [-0.25, -0.2) is 0 Å². The Hall–Kier alpha value is -5.98. The van der Waals surface area contributed by atoms with Crippen molar-refractivity contribution in [1.82, 2.24) is 0 Å². The number of rotatable bonds is 4. The summed E-state index contributed by atoms with van der Waals surface area (Å²) in [5.74, 6) is 0. The molecule has 0 saturated heterocycles. The van der Waals surface area contributed by atoms with E-state index in [0.29, 0.717) is 0 Å². The van der Waals surface area contributed by atoms with E-state index in [1.807, 2.05) is 0 Å². The maximum absolute atomic E-state index is 2.40. The molecule has 0 bridgehead atoms. The van der Waals surface area contributed by atoms with Crippen LogP contribution in [0.2, 0.25) is 0 Å². The molecule has 46 heavy (non-hydrogen) atoms. The average Bonchev–Trinajstić information content (AvgIpc) is 3.14. The third-order valence-electron chi connectivity index (χ3n) is 9.44. The molecule has 0 aliphatic carbocycles. The topological polar surface area (TPSA) is 0 Å². The van der Waals surface area contributed by atoms with Crippen LogP contribution in [0.25, 0.3) is 87.6 Å². The predicted octanol–water partition coefficient (Wildman–Crippen LogP) is 13.0. The fourth-order valence-corrected chi connectivity index (χ4v) is 7.34. The lowest BCUT2D eigenvalue weighted by molar-refractivity contribution is 1.58. The molecule has 0 heteroatoms. The molecule has 0 atom stereocenters. The van der Waals surface area contributed by atoms with Crippen LogP contribution in [-0.2, 0) is 0 Å². The van der Waals surface area contributed by atoms with Crippen molar-refractivity contribution in [2.24, 2.45) is 0 Å². The summed E-state index contributed by atoms with van der Waals surface area (Å²) < 4.78 is 0. The first-order valence-electron chi connectivity index (χ1n) is 15.9. The maximum Gasteiger partial charge on any atom is -0.00261 e. The van der Waals surface area contributed by atoms with Crippen molar-refractivity contribution in [1.29, 1.82) is 0 Å². The zero-order chi connectivity index (χ0) is 30.5. The molecule has 0 saturated carbocycles. The van der Waals surface area contributed by atoms with Crippen molar-refractivity contribution in [3.05, 3.63) is 182 Å². The van der Waals surface area contributed by atoms with E-state index < -0.39 is 0 Å². The molecule has 0 aliphatic rings. The smallest absolute Gasteiger partial charge is 0.00261 e. The predicted molar refractivity (Wildman–Crippen MR) is 198 cm³/mol. The van der Waals surface area contributed by atoms with Crippen molar-refractivity contribution in [2.45, 2.75) is 0 Å². The van der Waals surface area contributed by atoms with Gasteiger partial charge in [-0.2, -0.15) is 0 Å². The van der Waals surface area contributed by atoms with Gasteiger partial charge in [0.1, 0.15) is 0 Å². The minimum Gasteiger partial charge on any atom is -0.0622 e. The number of fused-ring (bicyclic) bond motifs is 5. The number of hydrogen-bond acceptors (Lipinski definition) is 0. The summed E-state index contributed by atoms with van der Waals surface area (Å²) in [5, 5.41) is 10.2. The first-order valence-corrected chi connectivity index (χ1v) is 15.9. The van der Waals surface area contributed by atoms with Gasteiger partial charge >= 0.3 is 0 Å². The molecule has 214 valence electrons. The summed E-state index contributed by atoms with van der Waals surface area (Å²) in [4.78, 5) is 0. The van der Waals surface area contributed by atoms with Crippen LogP contribution < -0.4 is 0 Å². The monoisotopic (exact) mass is 582 g/mol. The highest BCUT2D eigenvalue weighted by atomic mass is 14.2. The summed E-state index contributed by atoms with van der Waals surface area (Å²) in [6.45, 7) is 0. The van der Waals surface area contributed by atoms with Gasteiger partial charge in [0, 0.05) is 0 Å². The van der Waals surface area contributed by atoms with E-state index in [4.69, 9.17) is 0 Å². The first-order chi connectivity index (χ1) is 22.8. The average molecular weight is 583 g/mol. The van der Waals surface area contributed by atoms with Crippen LogP contribution in [0.15, 0.2) is 182 Å². The highest BCUT2D eigenvalue weighted by Crippen LogP contribution is 2.46. The number of hydrogen-bond donors (Lipinski definition) is 0. The molecule has 0 radical (unpaired) electrons. The van der Waals surface area contributed by atoms with Crippen LogP contribution >= 0.6 is 0 Å². The van der Waals surface area contributed by atoms with Gasteiger partial charge < -0.3 is 0 Å². The minimum absolute atomic E-state index is 1.22. The molecule has 0 heterocycles. The minimum atomic E-state index is 1.22. The number of benzene rings is 9. The van der Waals surface area contributed by atoms with E-state index in [2.05, 4.69) is 182 Å². The van der Waals surface area contributed by atoms with Gasteiger partial charge in [0.05, 0.1) is 0 Å². The molecule has 0 nitrogen and oxygen atoms in total. The quantitative estimate of drug-likeness (QED) is 0.143. The van der Waals surface area contributed by atoms with E-state index in [1.165, 1.54) is 87.6 Å². The Morgan fingerprint density at radius 1 is 0.217 bits per heavy atom. The molecule has 0 unspecified atom stereocenters. The Bertz CT molecular complexity index is 2500.